The van der Waals surface area contributed by atoms with Gasteiger partial charge in [-0.1, -0.05) is 17.3 Å². The summed E-state index contributed by atoms with van der Waals surface area (Å²) in [7, 11) is 1.90. The molecule has 1 N–H and O–H groups in total. The van der Waals surface area contributed by atoms with Crippen LogP contribution in [-0.4, -0.2) is 42.3 Å². The Bertz CT molecular complexity index is 691. The molecule has 1 aliphatic heterocycles. The predicted molar refractivity (Wildman–Crippen MR) is 91.8 cm³/mol. The first-order valence-electron chi connectivity index (χ1n) is 7.68. The number of fused-ring (bicyclic) bond motifs is 1. The molecule has 0 radical (unpaired) electrons. The van der Waals surface area contributed by atoms with E-state index in [2.05, 4.69) is 22.4 Å². The number of ether oxygens (including phenoxy) is 1. The van der Waals surface area contributed by atoms with Gasteiger partial charge in [-0.25, -0.2) is 0 Å². The lowest BCUT2D eigenvalue weighted by molar-refractivity contribution is -0.121. The van der Waals surface area contributed by atoms with Gasteiger partial charge in [0.05, 0.1) is 5.69 Å². The third-order valence-corrected chi connectivity index (χ3v) is 3.85. The topological polar surface area (TPSA) is 80.5 Å². The van der Waals surface area contributed by atoms with E-state index < -0.39 is 0 Å². The molecule has 0 spiro atoms. The van der Waals surface area contributed by atoms with Crippen LogP contribution >= 0.6 is 12.4 Å². The lowest BCUT2D eigenvalue weighted by Gasteiger charge is -2.28. The van der Waals surface area contributed by atoms with Crippen LogP contribution in [0, 0.1) is 0 Å². The van der Waals surface area contributed by atoms with Crippen LogP contribution in [0.15, 0.2) is 28.8 Å². The number of benzene rings is 1. The smallest absolute Gasteiger partial charge is 0.265 e. The van der Waals surface area contributed by atoms with E-state index in [1.54, 1.807) is 4.90 Å². The number of halogens is 1. The van der Waals surface area contributed by atoms with Crippen LogP contribution in [0.1, 0.15) is 18.6 Å². The Kier molecular flexibility index (Phi) is 6.16. The van der Waals surface area contributed by atoms with Gasteiger partial charge in [-0.05, 0) is 26.1 Å². The van der Waals surface area contributed by atoms with Crippen molar-refractivity contribution in [3.63, 3.8) is 0 Å². The van der Waals surface area contributed by atoms with Gasteiger partial charge in [0.15, 0.2) is 12.4 Å². The number of carbonyl (C=O) groups excluding carboxylic acids is 1. The van der Waals surface area contributed by atoms with Gasteiger partial charge in [0.25, 0.3) is 5.91 Å². The van der Waals surface area contributed by atoms with E-state index >= 15 is 0 Å². The second-order valence-corrected chi connectivity index (χ2v) is 5.55. The molecule has 0 saturated carbocycles. The molecule has 1 amide bonds. The maximum Gasteiger partial charge on any atom is 0.265 e. The van der Waals surface area contributed by atoms with Gasteiger partial charge in [0.2, 0.25) is 5.89 Å². The van der Waals surface area contributed by atoms with Crippen LogP contribution < -0.4 is 15.0 Å². The van der Waals surface area contributed by atoms with Crippen LogP contribution in [-0.2, 0) is 17.6 Å². The second kappa shape index (κ2) is 8.12. The number of rotatable bonds is 6. The average Bonchev–Trinajstić information content (AvgIpc) is 3.01. The number of nitrogens with one attached hydrogen (secondary N) is 1. The van der Waals surface area contributed by atoms with Crippen molar-refractivity contribution in [2.75, 3.05) is 25.1 Å². The van der Waals surface area contributed by atoms with E-state index in [1.807, 2.05) is 31.3 Å². The van der Waals surface area contributed by atoms with E-state index in [1.165, 1.54) is 0 Å². The largest absolute Gasteiger partial charge is 0.482 e. The van der Waals surface area contributed by atoms with Crippen LogP contribution in [0.2, 0.25) is 0 Å². The zero-order valence-electron chi connectivity index (χ0n) is 13.7. The Labute approximate surface area is 146 Å². The van der Waals surface area contributed by atoms with Gasteiger partial charge in [-0.2, -0.15) is 4.98 Å². The number of para-hydroxylation sites is 2. The second-order valence-electron chi connectivity index (χ2n) is 5.55. The normalized spacial score (nSPS) is 14.6. The highest BCUT2D eigenvalue weighted by Crippen LogP contribution is 2.31. The third kappa shape index (κ3) is 4.04. The van der Waals surface area contributed by atoms with Gasteiger partial charge in [-0.15, -0.1) is 12.4 Å². The number of aromatic nitrogens is 2. The van der Waals surface area contributed by atoms with Gasteiger partial charge >= 0.3 is 0 Å². The van der Waals surface area contributed by atoms with Gasteiger partial charge in [-0.3, -0.25) is 4.79 Å². The minimum atomic E-state index is -0.0627. The summed E-state index contributed by atoms with van der Waals surface area (Å²) in [4.78, 5) is 18.2. The number of anilines is 1. The van der Waals surface area contributed by atoms with Gasteiger partial charge in [0, 0.05) is 25.4 Å². The number of carbonyl (C=O) groups is 1. The van der Waals surface area contributed by atoms with Crippen molar-refractivity contribution in [1.82, 2.24) is 15.5 Å². The molecule has 1 unspecified atom stereocenters. The van der Waals surface area contributed by atoms with Crippen molar-refractivity contribution in [2.24, 2.45) is 0 Å². The fraction of sp³-hybridized carbons (Fsp3) is 0.438. The van der Waals surface area contributed by atoms with E-state index in [4.69, 9.17) is 9.26 Å². The first-order valence-corrected chi connectivity index (χ1v) is 7.68. The van der Waals surface area contributed by atoms with Crippen molar-refractivity contribution in [3.05, 3.63) is 36.0 Å². The number of likely N-dealkylation sites (N-methyl/N-ethyl adjacent to an activating group) is 1. The summed E-state index contributed by atoms with van der Waals surface area (Å²) < 4.78 is 10.7. The molecule has 24 heavy (non-hydrogen) atoms. The first-order chi connectivity index (χ1) is 11.2. The molecule has 130 valence electrons. The number of amides is 1. The van der Waals surface area contributed by atoms with E-state index in [-0.39, 0.29) is 31.0 Å². The highest BCUT2D eigenvalue weighted by Gasteiger charge is 2.25. The lowest BCUT2D eigenvalue weighted by atomic mass is 10.2. The Morgan fingerprint density at radius 3 is 2.96 bits per heavy atom. The van der Waals surface area contributed by atoms with E-state index in [9.17, 15) is 4.79 Å². The molecule has 1 atom stereocenters. The van der Waals surface area contributed by atoms with Gasteiger partial charge < -0.3 is 19.5 Å². The lowest BCUT2D eigenvalue weighted by Crippen LogP contribution is -2.40. The Morgan fingerprint density at radius 2 is 2.17 bits per heavy atom. The first kappa shape index (κ1) is 18.2. The van der Waals surface area contributed by atoms with Crippen molar-refractivity contribution >= 4 is 24.0 Å². The average molecular weight is 353 g/mol. The number of hydrogen-bond donors (Lipinski definition) is 1. The maximum absolute atomic E-state index is 12.1. The molecular formula is C16H21ClN4O3. The van der Waals surface area contributed by atoms with Crippen LogP contribution in [0.25, 0.3) is 0 Å². The summed E-state index contributed by atoms with van der Waals surface area (Å²) >= 11 is 0. The minimum Gasteiger partial charge on any atom is -0.482 e. The molecule has 1 aromatic carbocycles. The molecule has 1 aliphatic rings. The molecule has 0 aliphatic carbocycles. The standard InChI is InChI=1S/C16H20N4O3.ClH/c1-11(17-2)9-14-18-15(23-19-14)7-8-20-12-5-3-4-6-13(12)22-10-16(20)21;/h3-6,11,17H,7-10H2,1-2H3;1H. The molecule has 0 fully saturated rings. The van der Waals surface area contributed by atoms with E-state index in [0.29, 0.717) is 31.1 Å². The maximum atomic E-state index is 12.1. The summed E-state index contributed by atoms with van der Waals surface area (Å²) in [6, 6.07) is 7.80. The highest BCUT2D eigenvalue weighted by molar-refractivity contribution is 5.97. The van der Waals surface area contributed by atoms with Crippen molar-refractivity contribution in [2.45, 2.75) is 25.8 Å². The molecular weight excluding hydrogens is 332 g/mol. The molecule has 1 aromatic heterocycles. The molecule has 8 heteroatoms. The summed E-state index contributed by atoms with van der Waals surface area (Å²) in [5.74, 6) is 1.88. The zero-order valence-corrected chi connectivity index (χ0v) is 14.5. The third-order valence-electron chi connectivity index (χ3n) is 3.85. The summed E-state index contributed by atoms with van der Waals surface area (Å²) in [5, 5.41) is 7.11. The van der Waals surface area contributed by atoms with Crippen molar-refractivity contribution in [1.29, 1.82) is 0 Å². The van der Waals surface area contributed by atoms with E-state index in [0.717, 1.165) is 11.4 Å². The fourth-order valence-electron chi connectivity index (χ4n) is 2.46. The fourth-order valence-corrected chi connectivity index (χ4v) is 2.46. The summed E-state index contributed by atoms with van der Waals surface area (Å²) in [6.07, 6.45) is 1.22. The summed E-state index contributed by atoms with van der Waals surface area (Å²) in [5.41, 5.74) is 0.785. The highest BCUT2D eigenvalue weighted by atomic mass is 35.5. The molecule has 2 heterocycles. The SMILES string of the molecule is CNC(C)Cc1noc(CCN2C(=O)COc3ccccc32)n1.Cl. The predicted octanol–water partition coefficient (Wildman–Crippen LogP) is 1.61. The van der Waals surface area contributed by atoms with Gasteiger partial charge in [0.1, 0.15) is 5.75 Å². The number of hydrogen-bond acceptors (Lipinski definition) is 6. The molecule has 0 bridgehead atoms. The quantitative estimate of drug-likeness (QED) is 0.850. The monoisotopic (exact) mass is 352 g/mol. The van der Waals surface area contributed by atoms with Crippen molar-refractivity contribution in [3.8, 4) is 5.75 Å². The minimum absolute atomic E-state index is 0. The van der Waals surface area contributed by atoms with Crippen LogP contribution in [0.3, 0.4) is 0 Å². The van der Waals surface area contributed by atoms with Crippen LogP contribution in [0.4, 0.5) is 5.69 Å². The molecule has 0 saturated heterocycles. The zero-order chi connectivity index (χ0) is 16.2. The Hall–Kier alpha value is -2.12. The molecule has 7 nitrogen and oxygen atoms in total. The Balaban J connectivity index is 0.00000208. The number of nitrogens with zero attached hydrogens (tertiary/aromatic N) is 3. The van der Waals surface area contributed by atoms with Crippen LogP contribution in [0.5, 0.6) is 5.75 Å². The molecule has 3 rings (SSSR count). The van der Waals surface area contributed by atoms with Crippen molar-refractivity contribution < 1.29 is 14.1 Å². The molecule has 2 aromatic rings. The summed E-state index contributed by atoms with van der Waals surface area (Å²) in [6.45, 7) is 2.60. The Morgan fingerprint density at radius 1 is 1.38 bits per heavy atom.